The molecule has 6 nitrogen and oxygen atoms in total. The number of hydrogen-bond donors (Lipinski definition) is 2. The first-order chi connectivity index (χ1) is 14.1. The molecule has 0 fully saturated rings. The smallest absolute Gasteiger partial charge is 0.408 e. The number of fused-ring (bicyclic) bond motifs is 3. The van der Waals surface area contributed by atoms with Crippen LogP contribution in [0, 0.1) is 0 Å². The minimum absolute atomic E-state index is 0.143. The van der Waals surface area contributed by atoms with Gasteiger partial charge in [0.05, 0.1) is 0 Å². The van der Waals surface area contributed by atoms with Crippen LogP contribution in [0.15, 0.2) is 77.2 Å². The molecule has 1 heterocycles. The molecule has 4 rings (SSSR count). The monoisotopic (exact) mass is 388 g/mol. The van der Waals surface area contributed by atoms with Gasteiger partial charge in [0.25, 0.3) is 0 Å². The van der Waals surface area contributed by atoms with Gasteiger partial charge in [-0.1, -0.05) is 48.5 Å². The first kappa shape index (κ1) is 18.6. The molecule has 0 aliphatic heterocycles. The van der Waals surface area contributed by atoms with E-state index >= 15 is 0 Å². The molecular formula is C23H20N2O4. The summed E-state index contributed by atoms with van der Waals surface area (Å²) in [5, 5.41) is 7.33. The first-order valence-electron chi connectivity index (χ1n) is 9.29. The van der Waals surface area contributed by atoms with E-state index in [2.05, 4.69) is 10.6 Å². The van der Waals surface area contributed by atoms with Gasteiger partial charge in [0.1, 0.15) is 23.8 Å². The number of anilines is 1. The highest BCUT2D eigenvalue weighted by molar-refractivity contribution is 6.06. The lowest BCUT2D eigenvalue weighted by molar-refractivity contribution is -0.117. The van der Waals surface area contributed by atoms with Gasteiger partial charge in [-0.25, -0.2) is 4.79 Å². The number of amides is 2. The second kappa shape index (κ2) is 8.06. The lowest BCUT2D eigenvalue weighted by Gasteiger charge is -2.14. The minimum Gasteiger partial charge on any atom is -0.456 e. The molecule has 2 amide bonds. The van der Waals surface area contributed by atoms with Gasteiger partial charge in [0.2, 0.25) is 5.91 Å². The number of alkyl carbamates (subject to hydrolysis) is 1. The van der Waals surface area contributed by atoms with Crippen molar-refractivity contribution >= 4 is 39.6 Å². The summed E-state index contributed by atoms with van der Waals surface area (Å²) in [5.41, 5.74) is 2.95. The van der Waals surface area contributed by atoms with Gasteiger partial charge in [-0.3, -0.25) is 4.79 Å². The van der Waals surface area contributed by atoms with E-state index in [-0.39, 0.29) is 12.5 Å². The van der Waals surface area contributed by atoms with E-state index in [0.717, 1.165) is 21.9 Å². The summed E-state index contributed by atoms with van der Waals surface area (Å²) in [6.45, 7) is 1.74. The Labute approximate surface area is 167 Å². The number of carbonyl (C=O) groups is 2. The van der Waals surface area contributed by atoms with Crippen LogP contribution in [0.4, 0.5) is 10.5 Å². The van der Waals surface area contributed by atoms with E-state index in [0.29, 0.717) is 11.3 Å². The number of furan rings is 1. The van der Waals surface area contributed by atoms with E-state index in [1.165, 1.54) is 0 Å². The summed E-state index contributed by atoms with van der Waals surface area (Å²) in [6, 6.07) is 21.8. The van der Waals surface area contributed by atoms with Gasteiger partial charge in [0.15, 0.2) is 0 Å². The molecule has 0 saturated carbocycles. The zero-order valence-electron chi connectivity index (χ0n) is 15.8. The topological polar surface area (TPSA) is 80.6 Å². The molecule has 0 spiro atoms. The summed E-state index contributed by atoms with van der Waals surface area (Å²) in [7, 11) is 0. The van der Waals surface area contributed by atoms with Crippen LogP contribution < -0.4 is 10.6 Å². The van der Waals surface area contributed by atoms with Crippen molar-refractivity contribution in [2.45, 2.75) is 19.6 Å². The summed E-state index contributed by atoms with van der Waals surface area (Å²) >= 11 is 0. The third-order valence-corrected chi connectivity index (χ3v) is 4.59. The van der Waals surface area contributed by atoms with Crippen molar-refractivity contribution in [3.63, 3.8) is 0 Å². The maximum Gasteiger partial charge on any atom is 0.408 e. The fourth-order valence-corrected chi connectivity index (χ4v) is 3.06. The van der Waals surface area contributed by atoms with E-state index in [4.69, 9.17) is 9.15 Å². The first-order valence-corrected chi connectivity index (χ1v) is 9.29. The van der Waals surface area contributed by atoms with Crippen LogP contribution in [0.5, 0.6) is 0 Å². The van der Waals surface area contributed by atoms with Crippen molar-refractivity contribution in [2.24, 2.45) is 0 Å². The second-order valence-corrected chi connectivity index (χ2v) is 6.73. The predicted molar refractivity (Wildman–Crippen MR) is 112 cm³/mol. The molecule has 0 aliphatic carbocycles. The molecule has 146 valence electrons. The Balaban J connectivity index is 1.36. The highest BCUT2D eigenvalue weighted by atomic mass is 16.5. The molecule has 0 bridgehead atoms. The zero-order chi connectivity index (χ0) is 20.2. The molecule has 0 aliphatic rings. The van der Waals surface area contributed by atoms with Crippen LogP contribution in [-0.4, -0.2) is 18.0 Å². The van der Waals surface area contributed by atoms with Crippen molar-refractivity contribution in [1.29, 1.82) is 0 Å². The molecule has 1 atom stereocenters. The van der Waals surface area contributed by atoms with Crippen molar-refractivity contribution in [2.75, 3.05) is 5.32 Å². The van der Waals surface area contributed by atoms with E-state index in [9.17, 15) is 9.59 Å². The van der Waals surface area contributed by atoms with Crippen LogP contribution in [-0.2, 0) is 16.1 Å². The van der Waals surface area contributed by atoms with Gasteiger partial charge in [-0.2, -0.15) is 0 Å². The van der Waals surface area contributed by atoms with Crippen molar-refractivity contribution in [3.8, 4) is 0 Å². The van der Waals surface area contributed by atoms with Gasteiger partial charge < -0.3 is 19.8 Å². The number of hydrogen-bond acceptors (Lipinski definition) is 4. The van der Waals surface area contributed by atoms with Crippen molar-refractivity contribution < 1.29 is 18.7 Å². The van der Waals surface area contributed by atoms with Gasteiger partial charge >= 0.3 is 6.09 Å². The van der Waals surface area contributed by atoms with Crippen LogP contribution in [0.3, 0.4) is 0 Å². The van der Waals surface area contributed by atoms with Gasteiger partial charge in [-0.15, -0.1) is 0 Å². The molecule has 29 heavy (non-hydrogen) atoms. The SMILES string of the molecule is C[C@H](NC(=O)OCc1ccccc1)C(=O)Nc1ccc2c(c1)oc1ccccc12. The highest BCUT2D eigenvalue weighted by Crippen LogP contribution is 2.30. The van der Waals surface area contributed by atoms with E-state index < -0.39 is 12.1 Å². The number of para-hydroxylation sites is 1. The van der Waals surface area contributed by atoms with Crippen molar-refractivity contribution in [1.82, 2.24) is 5.32 Å². The Morgan fingerprint density at radius 3 is 2.48 bits per heavy atom. The summed E-state index contributed by atoms with van der Waals surface area (Å²) < 4.78 is 11.0. The maximum absolute atomic E-state index is 12.4. The predicted octanol–water partition coefficient (Wildman–Crippen LogP) is 4.84. The molecule has 1 aromatic heterocycles. The Morgan fingerprint density at radius 2 is 1.66 bits per heavy atom. The lowest BCUT2D eigenvalue weighted by Crippen LogP contribution is -2.41. The second-order valence-electron chi connectivity index (χ2n) is 6.73. The third kappa shape index (κ3) is 4.21. The molecule has 0 radical (unpaired) electrons. The molecular weight excluding hydrogens is 368 g/mol. The summed E-state index contributed by atoms with van der Waals surface area (Å²) in [5.74, 6) is -0.350. The number of rotatable bonds is 5. The van der Waals surface area contributed by atoms with Crippen LogP contribution in [0.2, 0.25) is 0 Å². The zero-order valence-corrected chi connectivity index (χ0v) is 15.8. The average molecular weight is 388 g/mol. The van der Waals surface area contributed by atoms with E-state index in [1.54, 1.807) is 13.0 Å². The van der Waals surface area contributed by atoms with Gasteiger partial charge in [-0.05, 0) is 30.7 Å². The summed E-state index contributed by atoms with van der Waals surface area (Å²) in [6.07, 6.45) is -0.649. The highest BCUT2D eigenvalue weighted by Gasteiger charge is 2.17. The van der Waals surface area contributed by atoms with E-state index in [1.807, 2.05) is 66.7 Å². The minimum atomic E-state index is -0.760. The fraction of sp³-hybridized carbons (Fsp3) is 0.130. The molecule has 0 saturated heterocycles. The van der Waals surface area contributed by atoms with Crippen LogP contribution in [0.25, 0.3) is 21.9 Å². The molecule has 0 unspecified atom stereocenters. The molecule has 6 heteroatoms. The number of ether oxygens (including phenoxy) is 1. The summed E-state index contributed by atoms with van der Waals surface area (Å²) in [4.78, 5) is 24.3. The Bertz CT molecular complexity index is 1170. The van der Waals surface area contributed by atoms with Gasteiger partial charge in [0, 0.05) is 22.5 Å². The molecule has 3 aromatic carbocycles. The molecule has 2 N–H and O–H groups in total. The fourth-order valence-electron chi connectivity index (χ4n) is 3.06. The Morgan fingerprint density at radius 1 is 0.931 bits per heavy atom. The number of carbonyl (C=O) groups excluding carboxylic acids is 2. The Kier molecular flexibility index (Phi) is 5.16. The largest absolute Gasteiger partial charge is 0.456 e. The average Bonchev–Trinajstić information content (AvgIpc) is 3.10. The van der Waals surface area contributed by atoms with Crippen LogP contribution in [0.1, 0.15) is 12.5 Å². The Hall–Kier alpha value is -3.80. The quantitative estimate of drug-likeness (QED) is 0.513. The number of nitrogens with one attached hydrogen (secondary N) is 2. The molecule has 4 aromatic rings. The normalized spacial score (nSPS) is 11.9. The van der Waals surface area contributed by atoms with Crippen LogP contribution >= 0.6 is 0 Å². The van der Waals surface area contributed by atoms with Crippen molar-refractivity contribution in [3.05, 3.63) is 78.4 Å². The lowest BCUT2D eigenvalue weighted by atomic mass is 10.1. The number of benzene rings is 3. The maximum atomic E-state index is 12.4. The standard InChI is InChI=1S/C23H20N2O4/c1-15(24-23(27)28-14-16-7-3-2-4-8-16)22(26)25-17-11-12-19-18-9-5-6-10-20(18)29-21(19)13-17/h2-13,15H,14H2,1H3,(H,24,27)(H,25,26)/t15-/m0/s1. The third-order valence-electron chi connectivity index (χ3n) is 4.59.